The molecule has 0 aliphatic carbocycles. The number of hydrogen-bond donors (Lipinski definition) is 2. The van der Waals surface area contributed by atoms with Crippen molar-refractivity contribution in [2.24, 2.45) is 0 Å². The number of halogens is 2. The minimum absolute atomic E-state index is 0.0687. The SMILES string of the molecule is Cc1nc(C(=O)Nc2ccc(Cl)cc2Br)ccc1C(=O)O. The first-order chi connectivity index (χ1) is 9.88. The molecular weight excluding hydrogens is 360 g/mol. The second kappa shape index (κ2) is 6.24. The van der Waals surface area contributed by atoms with E-state index < -0.39 is 11.9 Å². The zero-order valence-electron chi connectivity index (χ0n) is 10.9. The van der Waals surface area contributed by atoms with Gasteiger partial charge in [0.1, 0.15) is 5.69 Å². The summed E-state index contributed by atoms with van der Waals surface area (Å²) >= 11 is 9.12. The monoisotopic (exact) mass is 368 g/mol. The Balaban J connectivity index is 2.24. The Hall–Kier alpha value is -1.92. The number of nitrogens with zero attached hydrogens (tertiary/aromatic N) is 1. The van der Waals surface area contributed by atoms with Gasteiger partial charge in [-0.05, 0) is 53.2 Å². The Morgan fingerprint density at radius 3 is 2.57 bits per heavy atom. The topological polar surface area (TPSA) is 79.3 Å². The van der Waals surface area contributed by atoms with Gasteiger partial charge in [0, 0.05) is 9.50 Å². The lowest BCUT2D eigenvalue weighted by molar-refractivity contribution is 0.0695. The fourth-order valence-corrected chi connectivity index (χ4v) is 2.47. The predicted octanol–water partition coefficient (Wildman–Crippen LogP) is 3.76. The molecule has 0 fully saturated rings. The number of aromatic nitrogens is 1. The van der Waals surface area contributed by atoms with Gasteiger partial charge in [0.05, 0.1) is 16.9 Å². The highest BCUT2D eigenvalue weighted by Gasteiger charge is 2.14. The lowest BCUT2D eigenvalue weighted by Crippen LogP contribution is -2.15. The molecule has 2 aromatic rings. The van der Waals surface area contributed by atoms with Crippen LogP contribution >= 0.6 is 27.5 Å². The fourth-order valence-electron chi connectivity index (χ4n) is 1.69. The molecule has 0 saturated carbocycles. The molecule has 7 heteroatoms. The van der Waals surface area contributed by atoms with Crippen LogP contribution in [0, 0.1) is 6.92 Å². The first-order valence-electron chi connectivity index (χ1n) is 5.86. The average Bonchev–Trinajstić information content (AvgIpc) is 2.41. The van der Waals surface area contributed by atoms with Gasteiger partial charge in [-0.3, -0.25) is 4.79 Å². The van der Waals surface area contributed by atoms with Crippen molar-refractivity contribution in [3.05, 3.63) is 56.8 Å². The summed E-state index contributed by atoms with van der Waals surface area (Å²) in [5, 5.41) is 12.2. The Labute approximate surface area is 134 Å². The number of carbonyl (C=O) groups excluding carboxylic acids is 1. The minimum Gasteiger partial charge on any atom is -0.478 e. The van der Waals surface area contributed by atoms with Crippen molar-refractivity contribution >= 4 is 45.1 Å². The molecule has 21 heavy (non-hydrogen) atoms. The number of amides is 1. The third kappa shape index (κ3) is 3.59. The quantitative estimate of drug-likeness (QED) is 0.863. The van der Waals surface area contributed by atoms with Crippen LogP contribution in [0.1, 0.15) is 26.5 Å². The van der Waals surface area contributed by atoms with Gasteiger partial charge in [0.2, 0.25) is 0 Å². The number of carboxylic acid groups (broad SMARTS) is 1. The minimum atomic E-state index is -1.08. The van der Waals surface area contributed by atoms with Gasteiger partial charge >= 0.3 is 5.97 Å². The molecule has 0 saturated heterocycles. The van der Waals surface area contributed by atoms with Crippen molar-refractivity contribution in [1.82, 2.24) is 4.98 Å². The molecule has 1 aromatic carbocycles. The van der Waals surface area contributed by atoms with E-state index in [-0.39, 0.29) is 17.0 Å². The normalized spacial score (nSPS) is 10.2. The third-order valence-electron chi connectivity index (χ3n) is 2.73. The lowest BCUT2D eigenvalue weighted by atomic mass is 10.2. The van der Waals surface area contributed by atoms with E-state index in [1.807, 2.05) is 0 Å². The number of hydrogen-bond acceptors (Lipinski definition) is 3. The highest BCUT2D eigenvalue weighted by molar-refractivity contribution is 9.10. The number of rotatable bonds is 3. The Kier molecular flexibility index (Phi) is 4.59. The van der Waals surface area contributed by atoms with Crippen molar-refractivity contribution in [1.29, 1.82) is 0 Å². The van der Waals surface area contributed by atoms with E-state index in [4.69, 9.17) is 16.7 Å². The number of benzene rings is 1. The molecule has 108 valence electrons. The van der Waals surface area contributed by atoms with Crippen LogP contribution in [0.25, 0.3) is 0 Å². The van der Waals surface area contributed by atoms with E-state index in [9.17, 15) is 9.59 Å². The second-order valence-electron chi connectivity index (χ2n) is 4.21. The number of aryl methyl sites for hydroxylation is 1. The van der Waals surface area contributed by atoms with Gasteiger partial charge in [0.25, 0.3) is 5.91 Å². The van der Waals surface area contributed by atoms with Crippen LogP contribution in [0.15, 0.2) is 34.8 Å². The summed E-state index contributed by atoms with van der Waals surface area (Å²) in [5.74, 6) is -1.51. The highest BCUT2D eigenvalue weighted by atomic mass is 79.9. The molecule has 0 spiro atoms. The molecular formula is C14H10BrClN2O3. The van der Waals surface area contributed by atoms with Gasteiger partial charge in [-0.1, -0.05) is 11.6 Å². The maximum atomic E-state index is 12.1. The standard InChI is InChI=1S/C14H10BrClN2O3/c1-7-9(14(20)21)3-5-12(17-7)13(19)18-11-4-2-8(16)6-10(11)15/h2-6H,1H3,(H,18,19)(H,20,21). The van der Waals surface area contributed by atoms with Crippen LogP contribution in [0.3, 0.4) is 0 Å². The summed E-state index contributed by atoms with van der Waals surface area (Å²) in [6.07, 6.45) is 0. The van der Waals surface area contributed by atoms with Crippen molar-refractivity contribution in [3.63, 3.8) is 0 Å². The van der Waals surface area contributed by atoms with E-state index in [1.165, 1.54) is 12.1 Å². The van der Waals surface area contributed by atoms with Crippen LogP contribution in [0.2, 0.25) is 5.02 Å². The van der Waals surface area contributed by atoms with Crippen LogP contribution in [-0.2, 0) is 0 Å². The summed E-state index contributed by atoms with van der Waals surface area (Å²) in [4.78, 5) is 27.0. The van der Waals surface area contributed by atoms with E-state index in [0.29, 0.717) is 15.2 Å². The Morgan fingerprint density at radius 1 is 1.29 bits per heavy atom. The molecule has 5 nitrogen and oxygen atoms in total. The summed E-state index contributed by atoms with van der Waals surface area (Å²) in [6, 6.07) is 7.69. The zero-order chi connectivity index (χ0) is 15.6. The van der Waals surface area contributed by atoms with Crippen LogP contribution in [0.4, 0.5) is 5.69 Å². The number of pyridine rings is 1. The van der Waals surface area contributed by atoms with Crippen LogP contribution in [-0.4, -0.2) is 22.0 Å². The number of anilines is 1. The Bertz CT molecular complexity index is 734. The fraction of sp³-hybridized carbons (Fsp3) is 0.0714. The summed E-state index contributed by atoms with van der Waals surface area (Å²) in [7, 11) is 0. The van der Waals surface area contributed by atoms with Crippen molar-refractivity contribution in [2.75, 3.05) is 5.32 Å². The number of nitrogens with one attached hydrogen (secondary N) is 1. The summed E-state index contributed by atoms with van der Waals surface area (Å²) in [5.41, 5.74) is 1.04. The summed E-state index contributed by atoms with van der Waals surface area (Å²) in [6.45, 7) is 1.54. The van der Waals surface area contributed by atoms with Crippen molar-refractivity contribution in [3.8, 4) is 0 Å². The van der Waals surface area contributed by atoms with E-state index >= 15 is 0 Å². The van der Waals surface area contributed by atoms with Gasteiger partial charge in [-0.2, -0.15) is 0 Å². The maximum Gasteiger partial charge on any atom is 0.337 e. The number of aromatic carboxylic acids is 1. The van der Waals surface area contributed by atoms with E-state index in [0.717, 1.165) is 0 Å². The molecule has 1 aromatic heterocycles. The van der Waals surface area contributed by atoms with Crippen molar-refractivity contribution < 1.29 is 14.7 Å². The predicted molar refractivity (Wildman–Crippen MR) is 83.0 cm³/mol. The van der Waals surface area contributed by atoms with E-state index in [2.05, 4.69) is 26.2 Å². The molecule has 2 rings (SSSR count). The first-order valence-corrected chi connectivity index (χ1v) is 7.03. The zero-order valence-corrected chi connectivity index (χ0v) is 13.2. The third-order valence-corrected chi connectivity index (χ3v) is 3.62. The van der Waals surface area contributed by atoms with E-state index in [1.54, 1.807) is 25.1 Å². The number of carbonyl (C=O) groups is 2. The van der Waals surface area contributed by atoms with Crippen molar-refractivity contribution in [2.45, 2.75) is 6.92 Å². The molecule has 2 N–H and O–H groups in total. The van der Waals surface area contributed by atoms with Gasteiger partial charge in [-0.25, -0.2) is 9.78 Å². The molecule has 0 aliphatic rings. The molecule has 1 amide bonds. The molecule has 1 heterocycles. The van der Waals surface area contributed by atoms with Gasteiger partial charge in [0.15, 0.2) is 0 Å². The Morgan fingerprint density at radius 2 is 2.00 bits per heavy atom. The molecule has 0 radical (unpaired) electrons. The van der Waals surface area contributed by atoms with Crippen LogP contribution < -0.4 is 5.32 Å². The lowest BCUT2D eigenvalue weighted by Gasteiger charge is -2.08. The largest absolute Gasteiger partial charge is 0.478 e. The molecule has 0 bridgehead atoms. The average molecular weight is 370 g/mol. The van der Waals surface area contributed by atoms with Crippen LogP contribution in [0.5, 0.6) is 0 Å². The van der Waals surface area contributed by atoms with Gasteiger partial charge < -0.3 is 10.4 Å². The first kappa shape index (κ1) is 15.5. The molecule has 0 aliphatic heterocycles. The number of carboxylic acids is 1. The highest BCUT2D eigenvalue weighted by Crippen LogP contribution is 2.26. The molecule has 0 atom stereocenters. The van der Waals surface area contributed by atoms with Gasteiger partial charge in [-0.15, -0.1) is 0 Å². The maximum absolute atomic E-state index is 12.1. The second-order valence-corrected chi connectivity index (χ2v) is 5.50. The smallest absolute Gasteiger partial charge is 0.337 e. The molecule has 0 unspecified atom stereocenters. The summed E-state index contributed by atoms with van der Waals surface area (Å²) < 4.78 is 0.641.